The summed E-state index contributed by atoms with van der Waals surface area (Å²) in [5.74, 6) is 0.628. The first-order valence-corrected chi connectivity index (χ1v) is 8.16. The molecule has 0 aromatic carbocycles. The summed E-state index contributed by atoms with van der Waals surface area (Å²) < 4.78 is 0. The zero-order chi connectivity index (χ0) is 15.4. The minimum Gasteiger partial charge on any atom is -0.365 e. The summed E-state index contributed by atoms with van der Waals surface area (Å²) in [5.41, 5.74) is 0.389. The molecule has 0 saturated carbocycles. The van der Waals surface area contributed by atoms with Crippen molar-refractivity contribution in [1.82, 2.24) is 19.8 Å². The van der Waals surface area contributed by atoms with E-state index in [9.17, 15) is 0 Å². The molecule has 0 atom stereocenters. The summed E-state index contributed by atoms with van der Waals surface area (Å²) in [5, 5.41) is 12.5. The highest BCUT2D eigenvalue weighted by Crippen LogP contribution is 2.22. The van der Waals surface area contributed by atoms with Crippen LogP contribution in [0.25, 0.3) is 0 Å². The second-order valence-corrected chi connectivity index (χ2v) is 6.35. The Kier molecular flexibility index (Phi) is 4.86. The van der Waals surface area contributed by atoms with Crippen molar-refractivity contribution in [3.05, 3.63) is 18.1 Å². The number of nitrogens with one attached hydrogen (secondary N) is 1. The maximum Gasteiger partial charge on any atom is 0.182 e. The standard InChI is InChI=1S/C16H24N6/c1-21-8-4-14(5-9-21)22-10-2-13(3-11-22)20-16-15(12-17)18-6-7-19-16/h6-7,13-14H,2-5,8-11H2,1H3,(H,19,20). The maximum absolute atomic E-state index is 9.08. The van der Waals surface area contributed by atoms with Gasteiger partial charge in [-0.1, -0.05) is 0 Å². The highest BCUT2D eigenvalue weighted by Gasteiger charge is 2.27. The lowest BCUT2D eigenvalue weighted by atomic mass is 9.98. The van der Waals surface area contributed by atoms with Gasteiger partial charge in [0.2, 0.25) is 0 Å². The Balaban J connectivity index is 1.51. The minimum atomic E-state index is 0.389. The molecule has 0 amide bonds. The summed E-state index contributed by atoms with van der Waals surface area (Å²) in [6.45, 7) is 4.70. The highest BCUT2D eigenvalue weighted by molar-refractivity contribution is 5.47. The summed E-state index contributed by atoms with van der Waals surface area (Å²) in [6.07, 6.45) is 7.99. The van der Waals surface area contributed by atoms with Crippen LogP contribution in [0.15, 0.2) is 12.4 Å². The monoisotopic (exact) mass is 300 g/mol. The van der Waals surface area contributed by atoms with Crippen LogP contribution in [-0.2, 0) is 0 Å². The lowest BCUT2D eigenvalue weighted by Gasteiger charge is -2.41. The van der Waals surface area contributed by atoms with Crippen LogP contribution < -0.4 is 5.32 Å². The van der Waals surface area contributed by atoms with Gasteiger partial charge in [-0.2, -0.15) is 5.26 Å². The first-order chi connectivity index (χ1) is 10.8. The Labute approximate surface area is 132 Å². The molecule has 22 heavy (non-hydrogen) atoms. The van der Waals surface area contributed by atoms with E-state index in [4.69, 9.17) is 5.26 Å². The predicted octanol–water partition coefficient (Wildman–Crippen LogP) is 1.32. The van der Waals surface area contributed by atoms with Crippen LogP contribution in [0.4, 0.5) is 5.82 Å². The predicted molar refractivity (Wildman–Crippen MR) is 85.5 cm³/mol. The number of likely N-dealkylation sites (tertiary alicyclic amines) is 2. The van der Waals surface area contributed by atoms with Crippen molar-refractivity contribution in [2.24, 2.45) is 0 Å². The van der Waals surface area contributed by atoms with Crippen molar-refractivity contribution >= 4 is 5.82 Å². The lowest BCUT2D eigenvalue weighted by molar-refractivity contribution is 0.0993. The molecule has 0 aliphatic carbocycles. The van der Waals surface area contributed by atoms with Crippen LogP contribution in [0.5, 0.6) is 0 Å². The van der Waals surface area contributed by atoms with E-state index in [1.54, 1.807) is 12.4 Å². The van der Waals surface area contributed by atoms with Crippen LogP contribution >= 0.6 is 0 Å². The zero-order valence-corrected chi connectivity index (χ0v) is 13.2. The summed E-state index contributed by atoms with van der Waals surface area (Å²) in [7, 11) is 2.21. The third-order valence-corrected chi connectivity index (χ3v) is 4.88. The Morgan fingerprint density at radius 2 is 1.77 bits per heavy atom. The van der Waals surface area contributed by atoms with Crippen molar-refractivity contribution in [3.8, 4) is 6.07 Å². The molecule has 0 radical (unpaired) electrons. The van der Waals surface area contributed by atoms with Gasteiger partial charge < -0.3 is 15.1 Å². The Bertz CT molecular complexity index is 524. The molecular weight excluding hydrogens is 276 g/mol. The molecule has 0 bridgehead atoms. The normalized spacial score (nSPS) is 22.4. The molecule has 2 saturated heterocycles. The molecule has 6 heteroatoms. The van der Waals surface area contributed by atoms with E-state index in [0.717, 1.165) is 32.0 Å². The van der Waals surface area contributed by atoms with Gasteiger partial charge in [-0.05, 0) is 45.8 Å². The fourth-order valence-electron chi connectivity index (χ4n) is 3.49. The van der Waals surface area contributed by atoms with Gasteiger partial charge in [0.15, 0.2) is 11.5 Å². The van der Waals surface area contributed by atoms with Gasteiger partial charge in [-0.25, -0.2) is 9.97 Å². The molecule has 0 spiro atoms. The Morgan fingerprint density at radius 1 is 1.09 bits per heavy atom. The second-order valence-electron chi connectivity index (χ2n) is 6.35. The van der Waals surface area contributed by atoms with E-state index in [1.165, 1.54) is 25.9 Å². The van der Waals surface area contributed by atoms with Gasteiger partial charge in [0, 0.05) is 37.6 Å². The van der Waals surface area contributed by atoms with E-state index >= 15 is 0 Å². The number of anilines is 1. The van der Waals surface area contributed by atoms with Gasteiger partial charge in [-0.3, -0.25) is 0 Å². The maximum atomic E-state index is 9.08. The average molecular weight is 300 g/mol. The molecule has 1 aromatic heterocycles. The third kappa shape index (κ3) is 3.54. The van der Waals surface area contributed by atoms with E-state index in [0.29, 0.717) is 17.6 Å². The Morgan fingerprint density at radius 3 is 2.45 bits per heavy atom. The van der Waals surface area contributed by atoms with Gasteiger partial charge in [0.25, 0.3) is 0 Å². The van der Waals surface area contributed by atoms with Gasteiger partial charge in [-0.15, -0.1) is 0 Å². The molecule has 2 aliphatic heterocycles. The van der Waals surface area contributed by atoms with Crippen molar-refractivity contribution in [3.63, 3.8) is 0 Å². The molecule has 2 fully saturated rings. The first kappa shape index (κ1) is 15.2. The number of hydrogen-bond acceptors (Lipinski definition) is 6. The summed E-state index contributed by atoms with van der Waals surface area (Å²) in [4.78, 5) is 13.4. The van der Waals surface area contributed by atoms with Crippen molar-refractivity contribution in [2.45, 2.75) is 37.8 Å². The third-order valence-electron chi connectivity index (χ3n) is 4.88. The van der Waals surface area contributed by atoms with Crippen LogP contribution in [0.1, 0.15) is 31.4 Å². The fraction of sp³-hybridized carbons (Fsp3) is 0.688. The van der Waals surface area contributed by atoms with Gasteiger partial charge in [0.1, 0.15) is 6.07 Å². The molecule has 118 valence electrons. The molecule has 6 nitrogen and oxygen atoms in total. The van der Waals surface area contributed by atoms with Crippen LogP contribution in [0.2, 0.25) is 0 Å². The van der Waals surface area contributed by atoms with Crippen molar-refractivity contribution < 1.29 is 0 Å². The quantitative estimate of drug-likeness (QED) is 0.908. The summed E-state index contributed by atoms with van der Waals surface area (Å²) >= 11 is 0. The number of rotatable bonds is 3. The smallest absolute Gasteiger partial charge is 0.182 e. The fourth-order valence-corrected chi connectivity index (χ4v) is 3.49. The first-order valence-electron chi connectivity index (χ1n) is 8.16. The van der Waals surface area contributed by atoms with E-state index < -0.39 is 0 Å². The SMILES string of the molecule is CN1CCC(N2CCC(Nc3nccnc3C#N)CC2)CC1. The molecular formula is C16H24N6. The van der Waals surface area contributed by atoms with Crippen LogP contribution in [0.3, 0.4) is 0 Å². The number of aromatic nitrogens is 2. The number of nitrogens with zero attached hydrogens (tertiary/aromatic N) is 5. The lowest BCUT2D eigenvalue weighted by Crippen LogP contribution is -2.48. The average Bonchev–Trinajstić information content (AvgIpc) is 2.57. The minimum absolute atomic E-state index is 0.389. The second kappa shape index (κ2) is 7.03. The number of nitriles is 1. The Hall–Kier alpha value is -1.71. The molecule has 1 aromatic rings. The van der Waals surface area contributed by atoms with E-state index in [2.05, 4.69) is 38.2 Å². The van der Waals surface area contributed by atoms with Gasteiger partial charge in [0.05, 0.1) is 0 Å². The molecule has 3 rings (SSSR count). The van der Waals surface area contributed by atoms with Crippen LogP contribution in [-0.4, -0.2) is 65.1 Å². The van der Waals surface area contributed by atoms with Crippen molar-refractivity contribution in [1.29, 1.82) is 5.26 Å². The summed E-state index contributed by atoms with van der Waals surface area (Å²) in [6, 6.07) is 3.25. The molecule has 0 unspecified atom stereocenters. The number of piperidine rings is 2. The van der Waals surface area contributed by atoms with Crippen molar-refractivity contribution in [2.75, 3.05) is 38.5 Å². The molecule has 2 aliphatic rings. The topological polar surface area (TPSA) is 68.1 Å². The highest BCUT2D eigenvalue weighted by atomic mass is 15.2. The van der Waals surface area contributed by atoms with E-state index in [1.807, 2.05) is 0 Å². The zero-order valence-electron chi connectivity index (χ0n) is 13.2. The van der Waals surface area contributed by atoms with Crippen LogP contribution in [0, 0.1) is 11.3 Å². The largest absolute Gasteiger partial charge is 0.365 e. The van der Waals surface area contributed by atoms with Gasteiger partial charge >= 0.3 is 0 Å². The molecule has 1 N–H and O–H groups in total. The number of hydrogen-bond donors (Lipinski definition) is 1. The molecule has 3 heterocycles. The van der Waals surface area contributed by atoms with E-state index in [-0.39, 0.29) is 0 Å².